The van der Waals surface area contributed by atoms with Crippen LogP contribution in [0.15, 0.2) is 12.1 Å². The highest BCUT2D eigenvalue weighted by Crippen LogP contribution is 2.30. The Bertz CT molecular complexity index is 490. The van der Waals surface area contributed by atoms with Crippen molar-refractivity contribution in [1.82, 2.24) is 9.80 Å². The van der Waals surface area contributed by atoms with Crippen LogP contribution >= 0.6 is 11.3 Å². The lowest BCUT2D eigenvalue weighted by Crippen LogP contribution is -2.46. The van der Waals surface area contributed by atoms with Crippen LogP contribution in [0.25, 0.3) is 0 Å². The molecule has 1 aliphatic heterocycles. The van der Waals surface area contributed by atoms with Gasteiger partial charge in [0.05, 0.1) is 4.88 Å². The fraction of sp³-hybridized carbons (Fsp3) is 0.625. The Balaban J connectivity index is 1.45. The first kappa shape index (κ1) is 14.1. The normalized spacial score (nSPS) is 20.6. The Labute approximate surface area is 125 Å². The molecule has 3 rings (SSSR count). The molecule has 0 unspecified atom stereocenters. The van der Waals surface area contributed by atoms with Gasteiger partial charge in [-0.25, -0.2) is 0 Å². The SMILES string of the molecule is OCC#Cc1ccc(CN2CCN(CC3CC3)CC2)s1. The molecule has 0 spiro atoms. The van der Waals surface area contributed by atoms with Gasteiger partial charge in [0, 0.05) is 44.1 Å². The predicted octanol–water partition coefficient (Wildman–Crippen LogP) is 1.62. The second-order valence-corrected chi connectivity index (χ2v) is 6.91. The summed E-state index contributed by atoms with van der Waals surface area (Å²) in [6, 6.07) is 4.23. The maximum absolute atomic E-state index is 8.71. The topological polar surface area (TPSA) is 26.7 Å². The van der Waals surface area contributed by atoms with E-state index in [0.29, 0.717) is 0 Å². The Morgan fingerprint density at radius 3 is 2.60 bits per heavy atom. The third kappa shape index (κ3) is 4.07. The van der Waals surface area contributed by atoms with Crippen LogP contribution in [0.4, 0.5) is 0 Å². The molecule has 1 saturated carbocycles. The average Bonchev–Trinajstić information content (AvgIpc) is 3.17. The molecule has 108 valence electrons. The number of nitrogens with zero attached hydrogens (tertiary/aromatic N) is 2. The van der Waals surface area contributed by atoms with Crippen LogP contribution in [-0.2, 0) is 6.54 Å². The second kappa shape index (κ2) is 6.73. The van der Waals surface area contributed by atoms with Crippen molar-refractivity contribution >= 4 is 11.3 Å². The summed E-state index contributed by atoms with van der Waals surface area (Å²) in [5.74, 6) is 6.69. The minimum Gasteiger partial charge on any atom is -0.384 e. The number of rotatable bonds is 4. The van der Waals surface area contributed by atoms with Crippen molar-refractivity contribution in [2.45, 2.75) is 19.4 Å². The zero-order chi connectivity index (χ0) is 13.8. The quantitative estimate of drug-likeness (QED) is 0.854. The van der Waals surface area contributed by atoms with Crippen molar-refractivity contribution in [2.75, 3.05) is 39.3 Å². The van der Waals surface area contributed by atoms with E-state index in [9.17, 15) is 0 Å². The van der Waals surface area contributed by atoms with Gasteiger partial charge in [0.25, 0.3) is 0 Å². The summed E-state index contributed by atoms with van der Waals surface area (Å²) in [5.41, 5.74) is 0. The molecule has 1 aliphatic carbocycles. The van der Waals surface area contributed by atoms with E-state index in [1.165, 1.54) is 50.4 Å². The van der Waals surface area contributed by atoms with E-state index < -0.39 is 0 Å². The number of aliphatic hydroxyl groups excluding tert-OH is 1. The van der Waals surface area contributed by atoms with Gasteiger partial charge >= 0.3 is 0 Å². The molecule has 1 N–H and O–H groups in total. The molecule has 2 heterocycles. The lowest BCUT2D eigenvalue weighted by atomic mass is 10.2. The average molecular weight is 290 g/mol. The number of aliphatic hydroxyl groups is 1. The molecule has 0 aromatic carbocycles. The maximum atomic E-state index is 8.71. The highest BCUT2D eigenvalue weighted by atomic mass is 32.1. The van der Waals surface area contributed by atoms with Gasteiger partial charge in [-0.3, -0.25) is 4.90 Å². The Hall–Kier alpha value is -0.860. The Morgan fingerprint density at radius 1 is 1.15 bits per heavy atom. The summed E-state index contributed by atoms with van der Waals surface area (Å²) in [7, 11) is 0. The number of hydrogen-bond acceptors (Lipinski definition) is 4. The second-order valence-electron chi connectivity index (χ2n) is 5.75. The fourth-order valence-corrected chi connectivity index (χ4v) is 3.60. The number of piperazine rings is 1. The molecular formula is C16H22N2OS. The van der Waals surface area contributed by atoms with Crippen LogP contribution in [0.2, 0.25) is 0 Å². The molecule has 1 aromatic rings. The molecule has 0 amide bonds. The van der Waals surface area contributed by atoms with E-state index in [1.807, 2.05) is 0 Å². The summed E-state index contributed by atoms with van der Waals surface area (Å²) in [5, 5.41) is 8.71. The van der Waals surface area contributed by atoms with Crippen LogP contribution in [0.5, 0.6) is 0 Å². The predicted molar refractivity (Wildman–Crippen MR) is 82.7 cm³/mol. The lowest BCUT2D eigenvalue weighted by Gasteiger charge is -2.34. The van der Waals surface area contributed by atoms with Gasteiger partial charge in [0.2, 0.25) is 0 Å². The first-order valence-electron chi connectivity index (χ1n) is 7.46. The molecule has 0 atom stereocenters. The van der Waals surface area contributed by atoms with Crippen LogP contribution in [0, 0.1) is 17.8 Å². The molecule has 0 bridgehead atoms. The van der Waals surface area contributed by atoms with Gasteiger partial charge in [-0.2, -0.15) is 0 Å². The van der Waals surface area contributed by atoms with E-state index in [4.69, 9.17) is 5.11 Å². The summed E-state index contributed by atoms with van der Waals surface area (Å²) >= 11 is 1.75. The molecule has 3 nitrogen and oxygen atoms in total. The van der Waals surface area contributed by atoms with Gasteiger partial charge < -0.3 is 10.0 Å². The first-order valence-corrected chi connectivity index (χ1v) is 8.28. The molecule has 20 heavy (non-hydrogen) atoms. The van der Waals surface area contributed by atoms with Gasteiger partial charge in [0.15, 0.2) is 0 Å². The van der Waals surface area contributed by atoms with Gasteiger partial charge in [0.1, 0.15) is 6.61 Å². The van der Waals surface area contributed by atoms with Gasteiger partial charge in [-0.05, 0) is 30.9 Å². The minimum absolute atomic E-state index is 0.0593. The smallest absolute Gasteiger partial charge is 0.104 e. The number of hydrogen-bond donors (Lipinski definition) is 1. The van der Waals surface area contributed by atoms with Crippen LogP contribution in [0.1, 0.15) is 22.6 Å². The Kier molecular flexibility index (Phi) is 4.74. The summed E-state index contributed by atoms with van der Waals surface area (Å²) in [6.07, 6.45) is 2.90. The lowest BCUT2D eigenvalue weighted by molar-refractivity contribution is 0.124. The largest absolute Gasteiger partial charge is 0.384 e. The van der Waals surface area contributed by atoms with E-state index >= 15 is 0 Å². The molecular weight excluding hydrogens is 268 g/mol. The summed E-state index contributed by atoms with van der Waals surface area (Å²) < 4.78 is 0. The zero-order valence-electron chi connectivity index (χ0n) is 11.8. The van der Waals surface area contributed by atoms with E-state index in [0.717, 1.165) is 17.3 Å². The molecule has 2 fully saturated rings. The molecule has 1 saturated heterocycles. The third-order valence-corrected chi connectivity index (χ3v) is 5.00. The molecule has 4 heteroatoms. The zero-order valence-corrected chi connectivity index (χ0v) is 12.7. The van der Waals surface area contributed by atoms with Gasteiger partial charge in [-0.15, -0.1) is 11.3 Å². The van der Waals surface area contributed by atoms with Crippen molar-refractivity contribution < 1.29 is 5.11 Å². The van der Waals surface area contributed by atoms with E-state index in [2.05, 4.69) is 33.8 Å². The fourth-order valence-electron chi connectivity index (χ4n) is 2.67. The summed E-state index contributed by atoms with van der Waals surface area (Å²) in [4.78, 5) is 7.60. The van der Waals surface area contributed by atoms with Crippen molar-refractivity contribution in [3.8, 4) is 11.8 Å². The number of thiophene rings is 1. The van der Waals surface area contributed by atoms with Crippen molar-refractivity contribution in [3.63, 3.8) is 0 Å². The van der Waals surface area contributed by atoms with E-state index in [-0.39, 0.29) is 6.61 Å². The molecule has 2 aliphatic rings. The first-order chi connectivity index (χ1) is 9.83. The Morgan fingerprint density at radius 2 is 1.90 bits per heavy atom. The summed E-state index contributed by atoms with van der Waals surface area (Å²) in [6.45, 7) is 7.12. The van der Waals surface area contributed by atoms with Crippen LogP contribution < -0.4 is 0 Å². The highest BCUT2D eigenvalue weighted by Gasteiger charge is 2.26. The van der Waals surface area contributed by atoms with E-state index in [1.54, 1.807) is 11.3 Å². The van der Waals surface area contributed by atoms with Crippen LogP contribution in [-0.4, -0.2) is 54.2 Å². The maximum Gasteiger partial charge on any atom is 0.104 e. The minimum atomic E-state index is -0.0593. The third-order valence-electron chi connectivity index (χ3n) is 4.01. The monoisotopic (exact) mass is 290 g/mol. The van der Waals surface area contributed by atoms with Crippen LogP contribution in [0.3, 0.4) is 0 Å². The molecule has 0 radical (unpaired) electrons. The standard InChI is InChI=1S/C16H22N2OS/c19-11-1-2-15-5-6-16(20-15)13-18-9-7-17(8-10-18)12-14-3-4-14/h5-6,14,19H,3-4,7-13H2. The van der Waals surface area contributed by atoms with Crippen molar-refractivity contribution in [3.05, 3.63) is 21.9 Å². The van der Waals surface area contributed by atoms with Crippen molar-refractivity contribution in [1.29, 1.82) is 0 Å². The van der Waals surface area contributed by atoms with Crippen molar-refractivity contribution in [2.24, 2.45) is 5.92 Å². The van der Waals surface area contributed by atoms with Gasteiger partial charge in [-0.1, -0.05) is 11.8 Å². The highest BCUT2D eigenvalue weighted by molar-refractivity contribution is 7.12. The molecule has 1 aromatic heterocycles.